The monoisotopic (exact) mass is 510 g/mol. The molecule has 0 aliphatic carbocycles. The second kappa shape index (κ2) is 13.6. The van der Waals surface area contributed by atoms with Gasteiger partial charge in [-0.2, -0.15) is 0 Å². The topological polar surface area (TPSA) is 66.4 Å². The Bertz CT molecular complexity index is 474. The predicted molar refractivity (Wildman–Crippen MR) is 123 cm³/mol. The Morgan fingerprint density at radius 3 is 2.54 bits per heavy atom. The minimum atomic E-state index is 0. The van der Waals surface area contributed by atoms with Gasteiger partial charge < -0.3 is 24.6 Å². The van der Waals surface area contributed by atoms with Crippen molar-refractivity contribution < 1.29 is 14.3 Å². The SMILES string of the molecule is CC(C)CNC(=NCC(=O)N(C)C)N1CCC(OCC2CCCCO2)CC1.I. The van der Waals surface area contributed by atoms with Crippen molar-refractivity contribution in [1.29, 1.82) is 0 Å². The van der Waals surface area contributed by atoms with Crippen molar-refractivity contribution in [3.63, 3.8) is 0 Å². The van der Waals surface area contributed by atoms with E-state index in [0.717, 1.165) is 51.5 Å². The van der Waals surface area contributed by atoms with Crippen molar-refractivity contribution in [2.45, 2.75) is 58.2 Å². The second-order valence-electron chi connectivity index (χ2n) is 8.21. The molecule has 0 radical (unpaired) electrons. The molecule has 0 aromatic heterocycles. The number of ether oxygens (including phenoxy) is 2. The Morgan fingerprint density at radius 1 is 1.25 bits per heavy atom. The van der Waals surface area contributed by atoms with Gasteiger partial charge >= 0.3 is 0 Å². The number of carbonyl (C=O) groups is 1. The van der Waals surface area contributed by atoms with Gasteiger partial charge in [0.15, 0.2) is 5.96 Å². The van der Waals surface area contributed by atoms with Crippen LogP contribution in [0.3, 0.4) is 0 Å². The third-order valence-electron chi connectivity index (χ3n) is 5.06. The summed E-state index contributed by atoms with van der Waals surface area (Å²) in [5.74, 6) is 1.38. The fourth-order valence-electron chi connectivity index (χ4n) is 3.26. The Balaban J connectivity index is 0.00000392. The van der Waals surface area contributed by atoms with Crippen LogP contribution in [0, 0.1) is 5.92 Å². The second-order valence-corrected chi connectivity index (χ2v) is 8.21. The number of likely N-dealkylation sites (N-methyl/N-ethyl adjacent to an activating group) is 1. The highest BCUT2D eigenvalue weighted by Crippen LogP contribution is 2.18. The Kier molecular flexibility index (Phi) is 12.3. The van der Waals surface area contributed by atoms with Crippen molar-refractivity contribution >= 4 is 35.8 Å². The first-order valence-electron chi connectivity index (χ1n) is 10.4. The van der Waals surface area contributed by atoms with E-state index in [4.69, 9.17) is 9.47 Å². The largest absolute Gasteiger partial charge is 0.376 e. The molecule has 2 aliphatic heterocycles. The Morgan fingerprint density at radius 2 is 1.96 bits per heavy atom. The minimum Gasteiger partial charge on any atom is -0.376 e. The summed E-state index contributed by atoms with van der Waals surface area (Å²) in [6.07, 6.45) is 6.08. The highest BCUT2D eigenvalue weighted by atomic mass is 127. The molecule has 2 saturated heterocycles. The van der Waals surface area contributed by atoms with Crippen LogP contribution in [-0.4, -0.2) is 87.4 Å². The number of aliphatic imine (C=N–C) groups is 1. The molecule has 0 bridgehead atoms. The van der Waals surface area contributed by atoms with E-state index in [1.165, 1.54) is 12.8 Å². The number of nitrogens with zero attached hydrogens (tertiary/aromatic N) is 3. The average Bonchev–Trinajstić information content (AvgIpc) is 2.67. The molecule has 1 N–H and O–H groups in total. The van der Waals surface area contributed by atoms with Crippen molar-refractivity contribution in [2.24, 2.45) is 10.9 Å². The molecular weight excluding hydrogens is 471 g/mol. The number of hydrogen-bond donors (Lipinski definition) is 1. The summed E-state index contributed by atoms with van der Waals surface area (Å²) in [6.45, 7) is 8.76. The van der Waals surface area contributed by atoms with Crippen LogP contribution in [0.4, 0.5) is 0 Å². The van der Waals surface area contributed by atoms with E-state index in [1.807, 2.05) is 0 Å². The molecule has 164 valence electrons. The van der Waals surface area contributed by atoms with Crippen molar-refractivity contribution in [2.75, 3.05) is 53.5 Å². The smallest absolute Gasteiger partial charge is 0.243 e. The summed E-state index contributed by atoms with van der Waals surface area (Å²) in [7, 11) is 3.52. The molecule has 7 nitrogen and oxygen atoms in total. The summed E-state index contributed by atoms with van der Waals surface area (Å²) >= 11 is 0. The molecule has 1 atom stereocenters. The number of piperidine rings is 1. The number of nitrogens with one attached hydrogen (secondary N) is 1. The lowest BCUT2D eigenvalue weighted by Gasteiger charge is -2.35. The van der Waals surface area contributed by atoms with Crippen LogP contribution in [0.5, 0.6) is 0 Å². The van der Waals surface area contributed by atoms with Crippen molar-refractivity contribution in [3.8, 4) is 0 Å². The number of likely N-dealkylation sites (tertiary alicyclic amines) is 1. The molecule has 2 heterocycles. The molecule has 0 aromatic rings. The quantitative estimate of drug-likeness (QED) is 0.324. The molecule has 0 aromatic carbocycles. The van der Waals surface area contributed by atoms with Gasteiger partial charge in [-0.15, -0.1) is 24.0 Å². The van der Waals surface area contributed by atoms with Gasteiger partial charge in [0.05, 0.1) is 18.8 Å². The number of rotatable bonds is 7. The number of guanidine groups is 1. The van der Waals surface area contributed by atoms with Crippen LogP contribution in [-0.2, 0) is 14.3 Å². The van der Waals surface area contributed by atoms with Gasteiger partial charge in [-0.1, -0.05) is 13.8 Å². The predicted octanol–water partition coefficient (Wildman–Crippen LogP) is 2.34. The van der Waals surface area contributed by atoms with E-state index >= 15 is 0 Å². The van der Waals surface area contributed by atoms with Crippen LogP contribution in [0.25, 0.3) is 0 Å². The van der Waals surface area contributed by atoms with Crippen LogP contribution in [0.2, 0.25) is 0 Å². The molecule has 2 fully saturated rings. The Hall–Kier alpha value is -0.610. The molecule has 2 rings (SSSR count). The summed E-state index contributed by atoms with van der Waals surface area (Å²) in [4.78, 5) is 20.3. The minimum absolute atomic E-state index is 0. The molecule has 0 saturated carbocycles. The molecule has 28 heavy (non-hydrogen) atoms. The van der Waals surface area contributed by atoms with Gasteiger partial charge in [0, 0.05) is 40.3 Å². The summed E-state index contributed by atoms with van der Waals surface area (Å²) in [5, 5.41) is 3.43. The van der Waals surface area contributed by atoms with E-state index in [0.29, 0.717) is 18.6 Å². The Labute approximate surface area is 187 Å². The first kappa shape index (κ1) is 25.4. The van der Waals surface area contributed by atoms with Gasteiger partial charge in [-0.05, 0) is 38.0 Å². The summed E-state index contributed by atoms with van der Waals surface area (Å²) < 4.78 is 11.9. The molecule has 0 spiro atoms. The fourth-order valence-corrected chi connectivity index (χ4v) is 3.26. The normalized spacial score (nSPS) is 21.4. The fraction of sp³-hybridized carbons (Fsp3) is 0.900. The lowest BCUT2D eigenvalue weighted by atomic mass is 10.1. The van der Waals surface area contributed by atoms with Gasteiger partial charge in [0.1, 0.15) is 6.54 Å². The van der Waals surface area contributed by atoms with E-state index in [1.54, 1.807) is 19.0 Å². The molecule has 1 amide bonds. The molecule has 1 unspecified atom stereocenters. The van der Waals surface area contributed by atoms with Crippen LogP contribution in [0.15, 0.2) is 4.99 Å². The van der Waals surface area contributed by atoms with Gasteiger partial charge in [0.25, 0.3) is 0 Å². The van der Waals surface area contributed by atoms with Gasteiger partial charge in [0.2, 0.25) is 5.91 Å². The zero-order valence-electron chi connectivity index (χ0n) is 18.0. The first-order chi connectivity index (χ1) is 13.0. The van der Waals surface area contributed by atoms with Gasteiger partial charge in [-0.25, -0.2) is 4.99 Å². The standard InChI is InChI=1S/C20H38N4O3.HI/c1-16(2)13-21-20(22-14-19(25)23(3)4)24-10-8-17(9-11-24)27-15-18-7-5-6-12-26-18;/h16-18H,5-15H2,1-4H3,(H,21,22);1H. The number of halogens is 1. The van der Waals surface area contributed by atoms with Crippen LogP contribution >= 0.6 is 24.0 Å². The first-order valence-corrected chi connectivity index (χ1v) is 10.4. The van der Waals surface area contributed by atoms with Crippen molar-refractivity contribution in [3.05, 3.63) is 0 Å². The number of carbonyl (C=O) groups excluding carboxylic acids is 1. The molecule has 8 heteroatoms. The van der Waals surface area contributed by atoms with Crippen LogP contribution in [0.1, 0.15) is 46.0 Å². The van der Waals surface area contributed by atoms with Gasteiger partial charge in [-0.3, -0.25) is 4.79 Å². The zero-order valence-corrected chi connectivity index (χ0v) is 20.3. The number of hydrogen-bond acceptors (Lipinski definition) is 4. The third kappa shape index (κ3) is 9.26. The summed E-state index contributed by atoms with van der Waals surface area (Å²) in [6, 6.07) is 0. The van der Waals surface area contributed by atoms with Crippen LogP contribution < -0.4 is 5.32 Å². The maximum absolute atomic E-state index is 11.9. The third-order valence-corrected chi connectivity index (χ3v) is 5.06. The highest BCUT2D eigenvalue weighted by molar-refractivity contribution is 14.0. The van der Waals surface area contributed by atoms with E-state index in [-0.39, 0.29) is 42.5 Å². The lowest BCUT2D eigenvalue weighted by Crippen LogP contribution is -2.48. The molecule has 2 aliphatic rings. The average molecular weight is 510 g/mol. The van der Waals surface area contributed by atoms with E-state index in [9.17, 15) is 4.79 Å². The maximum atomic E-state index is 11.9. The zero-order chi connectivity index (χ0) is 19.6. The van der Waals surface area contributed by atoms with E-state index < -0.39 is 0 Å². The van der Waals surface area contributed by atoms with Crippen molar-refractivity contribution in [1.82, 2.24) is 15.1 Å². The molecular formula is C20H39IN4O3. The highest BCUT2D eigenvalue weighted by Gasteiger charge is 2.24. The lowest BCUT2D eigenvalue weighted by molar-refractivity contribution is -0.127. The van der Waals surface area contributed by atoms with E-state index in [2.05, 4.69) is 29.1 Å². The maximum Gasteiger partial charge on any atom is 0.243 e. The number of amides is 1. The summed E-state index contributed by atoms with van der Waals surface area (Å²) in [5.41, 5.74) is 0.